The molecular weight excluding hydrogens is 247 g/mol. The van der Waals surface area contributed by atoms with Crippen LogP contribution in [-0.4, -0.2) is 32.0 Å². The average molecular weight is 271 g/mol. The van der Waals surface area contributed by atoms with Crippen LogP contribution in [0.4, 0.5) is 0 Å². The summed E-state index contributed by atoms with van der Waals surface area (Å²) in [5.41, 5.74) is 0. The van der Waals surface area contributed by atoms with E-state index in [9.17, 15) is 4.79 Å². The Balaban J connectivity index is 2.30. The van der Waals surface area contributed by atoms with E-state index in [0.29, 0.717) is 6.42 Å². The van der Waals surface area contributed by atoms with Gasteiger partial charge in [-0.3, -0.25) is 4.79 Å². The van der Waals surface area contributed by atoms with Crippen molar-refractivity contribution in [2.45, 2.75) is 45.1 Å². The number of ketones is 1. The summed E-state index contributed by atoms with van der Waals surface area (Å²) in [5, 5.41) is 8.66. The molecule has 0 aromatic heterocycles. The SMILES string of the molecule is [3H][B]SO[C@@H]1CC(=O)[C@H](C/C=C\CCCCO)[C@H]1C. The summed E-state index contributed by atoms with van der Waals surface area (Å²) in [6, 6.07) is 0. The van der Waals surface area contributed by atoms with Gasteiger partial charge in [-0.2, -0.15) is 0 Å². The van der Waals surface area contributed by atoms with Crippen LogP contribution in [0.2, 0.25) is 0 Å². The van der Waals surface area contributed by atoms with Crippen molar-refractivity contribution in [1.82, 2.24) is 0 Å². The minimum atomic E-state index is -0.0631. The molecule has 1 rings (SSSR count). The number of aliphatic hydroxyl groups is 1. The Bertz CT molecular complexity index is 302. The molecule has 3 atom stereocenters. The van der Waals surface area contributed by atoms with E-state index in [1.807, 2.05) is 6.92 Å². The summed E-state index contributed by atoms with van der Waals surface area (Å²) in [6.45, 7) is 2.29. The number of unbranched alkanes of at least 4 members (excludes halogenated alkanes) is 2. The van der Waals surface area contributed by atoms with Gasteiger partial charge in [0.2, 0.25) is 7.09 Å². The summed E-state index contributed by atoms with van der Waals surface area (Å²) in [6.07, 6.45) is 8.12. The Morgan fingerprint density at radius 1 is 1.61 bits per heavy atom. The first-order chi connectivity index (χ1) is 9.20. The molecule has 0 spiro atoms. The summed E-state index contributed by atoms with van der Waals surface area (Å²) >= 11 is 0.998. The molecule has 101 valence electrons. The van der Waals surface area contributed by atoms with Crippen molar-refractivity contribution in [3.63, 3.8) is 0 Å². The molecule has 5 heteroatoms. The molecule has 0 unspecified atom stereocenters. The first-order valence-corrected chi connectivity index (χ1v) is 7.32. The third-order valence-corrected chi connectivity index (χ3v) is 3.91. The maximum Gasteiger partial charge on any atom is 0.209 e. The van der Waals surface area contributed by atoms with Crippen LogP contribution in [0.25, 0.3) is 0 Å². The Hall–Kier alpha value is -0.255. The van der Waals surface area contributed by atoms with E-state index in [1.165, 1.54) is 0 Å². The van der Waals surface area contributed by atoms with Crippen LogP contribution in [0, 0.1) is 11.8 Å². The largest absolute Gasteiger partial charge is 0.396 e. The van der Waals surface area contributed by atoms with Gasteiger partial charge >= 0.3 is 0 Å². The van der Waals surface area contributed by atoms with Crippen molar-refractivity contribution in [1.29, 1.82) is 1.34 Å². The van der Waals surface area contributed by atoms with Gasteiger partial charge in [-0.15, -0.1) is 0 Å². The molecule has 3 nitrogen and oxygen atoms in total. The second-order valence-corrected chi connectivity index (χ2v) is 5.18. The minimum Gasteiger partial charge on any atom is -0.396 e. The maximum atomic E-state index is 11.9. The van der Waals surface area contributed by atoms with Crippen molar-refractivity contribution >= 4 is 24.8 Å². The number of allylic oxidation sites excluding steroid dienone is 2. The summed E-state index contributed by atoms with van der Waals surface area (Å²) < 4.78 is 12.3. The van der Waals surface area contributed by atoms with Gasteiger partial charge in [-0.1, -0.05) is 31.0 Å². The zero-order chi connectivity index (χ0) is 14.1. The Kier molecular flexibility index (Phi) is 6.91. The molecule has 18 heavy (non-hydrogen) atoms. The first kappa shape index (κ1) is 14.2. The zero-order valence-electron chi connectivity index (χ0n) is 11.9. The molecule has 1 saturated carbocycles. The Morgan fingerprint density at radius 3 is 3.17 bits per heavy atom. The van der Waals surface area contributed by atoms with Gasteiger partial charge in [0.15, 0.2) is 0 Å². The van der Waals surface area contributed by atoms with Crippen LogP contribution in [-0.2, 0) is 8.98 Å². The third kappa shape index (κ3) is 4.79. The lowest BCUT2D eigenvalue weighted by Gasteiger charge is -2.17. The quantitative estimate of drug-likeness (QED) is 0.302. The maximum absolute atomic E-state index is 11.9. The highest BCUT2D eigenvalue weighted by Crippen LogP contribution is 2.35. The van der Waals surface area contributed by atoms with Crippen LogP contribution in [0.1, 0.15) is 39.0 Å². The fourth-order valence-corrected chi connectivity index (χ4v) is 2.75. The molecular formula is C13H22BO3S. The smallest absolute Gasteiger partial charge is 0.209 e. The van der Waals surface area contributed by atoms with Gasteiger partial charge < -0.3 is 9.29 Å². The standard InChI is InChI=1S/C13H22BO3S/c1-10-11(7-5-3-2-4-6-8-15)12(16)9-13(10)17-18-14/h3,5,10-11,13-15H,2,4,6-9H2,1H3/b5-3-/t10-,11-,13-/m1/s1/i14T. The minimum absolute atomic E-state index is 0.0467. The summed E-state index contributed by atoms with van der Waals surface area (Å²) in [7, 11) is 1.14. The van der Waals surface area contributed by atoms with E-state index in [-0.39, 0.29) is 30.3 Å². The highest BCUT2D eigenvalue weighted by Gasteiger charge is 2.39. The lowest BCUT2D eigenvalue weighted by Crippen LogP contribution is -2.17. The van der Waals surface area contributed by atoms with E-state index in [2.05, 4.69) is 12.2 Å². The number of rotatable bonds is 9. The molecule has 0 aromatic rings. The van der Waals surface area contributed by atoms with Gasteiger partial charge in [-0.25, -0.2) is 0 Å². The van der Waals surface area contributed by atoms with E-state index < -0.39 is 0 Å². The summed E-state index contributed by atoms with van der Waals surface area (Å²) in [4.78, 5) is 11.9. The van der Waals surface area contributed by atoms with E-state index in [0.717, 1.165) is 44.7 Å². The van der Waals surface area contributed by atoms with Gasteiger partial charge in [0, 0.05) is 18.9 Å². The third-order valence-electron chi connectivity index (χ3n) is 3.55. The van der Waals surface area contributed by atoms with Crippen molar-refractivity contribution in [2.75, 3.05) is 6.61 Å². The second kappa shape index (κ2) is 8.78. The predicted molar refractivity (Wildman–Crippen MR) is 76.6 cm³/mol. The van der Waals surface area contributed by atoms with Gasteiger partial charge in [-0.05, 0) is 32.9 Å². The Labute approximate surface area is 116 Å². The lowest BCUT2D eigenvalue weighted by molar-refractivity contribution is -0.121. The number of Topliss-reactive ketones (excluding diaryl/α,β-unsaturated/α-hetero) is 1. The second-order valence-electron chi connectivity index (χ2n) is 4.79. The molecule has 0 saturated heterocycles. The first-order valence-electron chi connectivity index (χ1n) is 7.09. The number of carbonyl (C=O) groups excluding carboxylic acids is 1. The van der Waals surface area contributed by atoms with E-state index >= 15 is 0 Å². The van der Waals surface area contributed by atoms with Crippen LogP contribution in [0.5, 0.6) is 0 Å². The molecule has 1 aliphatic rings. The van der Waals surface area contributed by atoms with Crippen LogP contribution in [0.15, 0.2) is 12.2 Å². The van der Waals surface area contributed by atoms with Gasteiger partial charge in [0.1, 0.15) is 5.78 Å². The zero-order valence-corrected chi connectivity index (χ0v) is 11.7. The van der Waals surface area contributed by atoms with E-state index in [4.69, 9.17) is 10.6 Å². The lowest BCUT2D eigenvalue weighted by atomic mass is 9.93. The summed E-state index contributed by atoms with van der Waals surface area (Å²) in [5.74, 6) is 0.524. The van der Waals surface area contributed by atoms with Crippen molar-refractivity contribution in [2.24, 2.45) is 11.8 Å². The monoisotopic (exact) mass is 271 g/mol. The molecule has 1 aliphatic carbocycles. The molecule has 1 radical (unpaired) electrons. The highest BCUT2D eigenvalue weighted by molar-refractivity contribution is 8.15. The molecule has 0 heterocycles. The number of aliphatic hydroxyl groups excluding tert-OH is 1. The fraction of sp³-hybridized carbons (Fsp3) is 0.769. The van der Waals surface area contributed by atoms with Crippen molar-refractivity contribution < 1.29 is 14.1 Å². The Morgan fingerprint density at radius 2 is 2.44 bits per heavy atom. The topological polar surface area (TPSA) is 46.5 Å². The number of hydrogen-bond acceptors (Lipinski definition) is 4. The molecule has 0 amide bonds. The van der Waals surface area contributed by atoms with Gasteiger partial charge in [0.25, 0.3) is 0 Å². The van der Waals surface area contributed by atoms with Crippen LogP contribution < -0.4 is 0 Å². The number of carbonyl (C=O) groups is 1. The normalized spacial score (nSPS) is 28.9. The van der Waals surface area contributed by atoms with Crippen molar-refractivity contribution in [3.05, 3.63) is 12.2 Å². The van der Waals surface area contributed by atoms with E-state index in [1.54, 1.807) is 0 Å². The van der Waals surface area contributed by atoms with Gasteiger partial charge in [0.05, 0.1) is 6.10 Å². The predicted octanol–water partition coefficient (Wildman–Crippen LogP) is 2.17. The molecule has 1 N–H and O–H groups in total. The van der Waals surface area contributed by atoms with Crippen molar-refractivity contribution in [3.8, 4) is 0 Å². The van der Waals surface area contributed by atoms with Crippen LogP contribution >= 0.6 is 11.9 Å². The molecule has 1 fully saturated rings. The van der Waals surface area contributed by atoms with Crippen LogP contribution in [0.3, 0.4) is 0 Å². The highest BCUT2D eigenvalue weighted by atomic mass is 32.2. The molecule has 0 aliphatic heterocycles. The number of hydrogen-bond donors (Lipinski definition) is 1. The molecule has 0 aromatic carbocycles. The average Bonchev–Trinajstić information content (AvgIpc) is 2.67. The molecule has 0 bridgehead atoms. The fourth-order valence-electron chi connectivity index (χ4n) is 2.36.